The lowest BCUT2D eigenvalue weighted by atomic mass is 10.0. The van der Waals surface area contributed by atoms with E-state index in [1.54, 1.807) is 29.6 Å². The van der Waals surface area contributed by atoms with Crippen molar-refractivity contribution in [2.75, 3.05) is 23.7 Å². The standard InChI is InChI=1S/C26H18F4N6OS/c1-36(2)26-33-10-14(11-34-26)13-7-16-17(12-32-25(16)31-9-13)24(37)22-19(29)5-6-20(23(22)30)35-38-21-8-15(27)3-4-18(21)28/h3-12,35H,1-2H3,(H,31,32). The molecule has 0 radical (unpaired) electrons. The number of aromatic nitrogens is 4. The molecule has 3 aromatic heterocycles. The minimum absolute atomic E-state index is 0.000965. The maximum absolute atomic E-state index is 15.4. The van der Waals surface area contributed by atoms with Gasteiger partial charge in [0.15, 0.2) is 5.82 Å². The van der Waals surface area contributed by atoms with Gasteiger partial charge < -0.3 is 14.6 Å². The van der Waals surface area contributed by atoms with Crippen LogP contribution in [0.2, 0.25) is 0 Å². The molecule has 0 atom stereocenters. The molecule has 0 fully saturated rings. The highest BCUT2D eigenvalue weighted by atomic mass is 32.2. The Labute approximate surface area is 218 Å². The van der Waals surface area contributed by atoms with Crippen LogP contribution in [0.25, 0.3) is 22.2 Å². The number of fused-ring (bicyclic) bond motifs is 1. The van der Waals surface area contributed by atoms with Crippen LogP contribution in [-0.2, 0) is 0 Å². The van der Waals surface area contributed by atoms with Crippen molar-refractivity contribution in [3.63, 3.8) is 0 Å². The highest BCUT2D eigenvalue weighted by Crippen LogP contribution is 2.31. The molecule has 7 nitrogen and oxygen atoms in total. The fraction of sp³-hybridized carbons (Fsp3) is 0.0769. The lowest BCUT2D eigenvalue weighted by molar-refractivity contribution is 0.103. The maximum Gasteiger partial charge on any atom is 0.224 e. The van der Waals surface area contributed by atoms with Gasteiger partial charge in [-0.1, -0.05) is 0 Å². The zero-order chi connectivity index (χ0) is 27.0. The van der Waals surface area contributed by atoms with E-state index in [0.29, 0.717) is 40.1 Å². The molecule has 5 aromatic rings. The number of nitrogens with zero attached hydrogens (tertiary/aromatic N) is 4. The lowest BCUT2D eigenvalue weighted by Gasteiger charge is -2.11. The van der Waals surface area contributed by atoms with Crippen molar-refractivity contribution in [3.8, 4) is 11.1 Å². The molecule has 0 aliphatic heterocycles. The predicted molar refractivity (Wildman–Crippen MR) is 137 cm³/mol. The molecule has 2 aromatic carbocycles. The second-order valence-electron chi connectivity index (χ2n) is 8.38. The molecule has 5 rings (SSSR count). The van der Waals surface area contributed by atoms with Crippen LogP contribution in [0, 0.1) is 23.3 Å². The van der Waals surface area contributed by atoms with E-state index < -0.39 is 34.6 Å². The van der Waals surface area contributed by atoms with Crippen molar-refractivity contribution >= 4 is 40.4 Å². The van der Waals surface area contributed by atoms with Crippen LogP contribution in [0.5, 0.6) is 0 Å². The number of benzene rings is 2. The number of anilines is 2. The number of aromatic amines is 1. The molecule has 38 heavy (non-hydrogen) atoms. The van der Waals surface area contributed by atoms with Crippen LogP contribution in [0.4, 0.5) is 29.2 Å². The largest absolute Gasteiger partial charge is 0.347 e. The summed E-state index contributed by atoms with van der Waals surface area (Å²) in [7, 11) is 3.61. The summed E-state index contributed by atoms with van der Waals surface area (Å²) in [6.45, 7) is 0. The zero-order valence-corrected chi connectivity index (χ0v) is 20.7. The van der Waals surface area contributed by atoms with Crippen LogP contribution in [0.1, 0.15) is 15.9 Å². The third-order valence-electron chi connectivity index (χ3n) is 5.63. The molecule has 0 aliphatic rings. The van der Waals surface area contributed by atoms with Crippen LogP contribution in [0.3, 0.4) is 0 Å². The minimum atomic E-state index is -1.18. The Morgan fingerprint density at radius 1 is 0.921 bits per heavy atom. The number of carbonyl (C=O) groups excluding carboxylic acids is 1. The predicted octanol–water partition coefficient (Wildman–Crippen LogP) is 5.99. The molecule has 0 saturated heterocycles. The molecule has 0 unspecified atom stereocenters. The van der Waals surface area contributed by atoms with Gasteiger partial charge in [0.05, 0.1) is 16.1 Å². The SMILES string of the molecule is CN(C)c1ncc(-c2cnc3[nH]cc(C(=O)c4c(F)ccc(NSc5cc(F)ccc5F)c4F)c3c2)cn1. The Morgan fingerprint density at radius 3 is 2.37 bits per heavy atom. The summed E-state index contributed by atoms with van der Waals surface area (Å²) in [5.41, 5.74) is 0.491. The number of hydrogen-bond acceptors (Lipinski definition) is 7. The monoisotopic (exact) mass is 538 g/mol. The third kappa shape index (κ3) is 4.77. The minimum Gasteiger partial charge on any atom is -0.347 e. The Hall–Kier alpha value is -4.45. The van der Waals surface area contributed by atoms with E-state index in [1.807, 2.05) is 14.1 Å². The second kappa shape index (κ2) is 10.1. The maximum atomic E-state index is 15.4. The van der Waals surface area contributed by atoms with E-state index in [4.69, 9.17) is 0 Å². The van der Waals surface area contributed by atoms with Crippen molar-refractivity contribution in [2.45, 2.75) is 4.90 Å². The number of pyridine rings is 1. The fourth-order valence-corrected chi connectivity index (χ4v) is 4.40. The van der Waals surface area contributed by atoms with Crippen LogP contribution < -0.4 is 9.62 Å². The highest BCUT2D eigenvalue weighted by Gasteiger charge is 2.25. The van der Waals surface area contributed by atoms with Gasteiger partial charge in [-0.05, 0) is 48.3 Å². The Morgan fingerprint density at radius 2 is 1.63 bits per heavy atom. The summed E-state index contributed by atoms with van der Waals surface area (Å²) < 4.78 is 60.0. The van der Waals surface area contributed by atoms with E-state index in [2.05, 4.69) is 24.7 Å². The van der Waals surface area contributed by atoms with E-state index in [-0.39, 0.29) is 16.1 Å². The first-order chi connectivity index (χ1) is 18.2. The number of carbonyl (C=O) groups is 1. The van der Waals surface area contributed by atoms with Crippen molar-refractivity contribution in [2.24, 2.45) is 0 Å². The lowest BCUT2D eigenvalue weighted by Crippen LogP contribution is -2.12. The third-order valence-corrected chi connectivity index (χ3v) is 6.48. The fourth-order valence-electron chi connectivity index (χ4n) is 3.69. The Kier molecular flexibility index (Phi) is 6.72. The first kappa shape index (κ1) is 25.2. The van der Waals surface area contributed by atoms with E-state index in [9.17, 15) is 18.0 Å². The molecular formula is C26H18F4N6OS. The van der Waals surface area contributed by atoms with Gasteiger partial charge in [-0.15, -0.1) is 0 Å². The number of rotatable bonds is 7. The molecule has 2 N–H and O–H groups in total. The van der Waals surface area contributed by atoms with Gasteiger partial charge in [-0.2, -0.15) is 0 Å². The summed E-state index contributed by atoms with van der Waals surface area (Å²) in [5.74, 6) is -4.07. The van der Waals surface area contributed by atoms with Crippen LogP contribution in [0.15, 0.2) is 66.1 Å². The van der Waals surface area contributed by atoms with Crippen molar-refractivity contribution in [1.29, 1.82) is 0 Å². The summed E-state index contributed by atoms with van der Waals surface area (Å²) in [5, 5.41) is 0.345. The summed E-state index contributed by atoms with van der Waals surface area (Å²) in [4.78, 5) is 30.6. The van der Waals surface area contributed by atoms with Gasteiger partial charge in [0, 0.05) is 61.0 Å². The zero-order valence-electron chi connectivity index (χ0n) is 19.9. The van der Waals surface area contributed by atoms with Crippen LogP contribution >= 0.6 is 11.9 Å². The molecule has 3 heterocycles. The number of ketones is 1. The molecule has 0 saturated carbocycles. The van der Waals surface area contributed by atoms with E-state index in [0.717, 1.165) is 30.3 Å². The van der Waals surface area contributed by atoms with E-state index in [1.165, 1.54) is 6.20 Å². The second-order valence-corrected chi connectivity index (χ2v) is 9.23. The normalized spacial score (nSPS) is 11.1. The quantitative estimate of drug-likeness (QED) is 0.150. The van der Waals surface area contributed by atoms with Crippen LogP contribution in [-0.4, -0.2) is 39.8 Å². The summed E-state index contributed by atoms with van der Waals surface area (Å²) in [6, 6.07) is 6.44. The number of nitrogens with one attached hydrogen (secondary N) is 2. The topological polar surface area (TPSA) is 86.8 Å². The molecule has 192 valence electrons. The van der Waals surface area contributed by atoms with E-state index >= 15 is 4.39 Å². The number of halogens is 4. The molecular weight excluding hydrogens is 520 g/mol. The van der Waals surface area contributed by atoms with Gasteiger partial charge in [0.2, 0.25) is 11.7 Å². The van der Waals surface area contributed by atoms with Gasteiger partial charge in [0.25, 0.3) is 0 Å². The molecule has 12 heteroatoms. The first-order valence-electron chi connectivity index (χ1n) is 11.1. The number of H-pyrrole nitrogens is 1. The molecule has 0 bridgehead atoms. The molecule has 0 spiro atoms. The molecule has 0 amide bonds. The average molecular weight is 539 g/mol. The Bertz CT molecular complexity index is 1670. The molecule has 0 aliphatic carbocycles. The summed E-state index contributed by atoms with van der Waals surface area (Å²) >= 11 is 0.587. The van der Waals surface area contributed by atoms with Gasteiger partial charge in [-0.25, -0.2) is 32.5 Å². The van der Waals surface area contributed by atoms with Crippen molar-refractivity contribution in [1.82, 2.24) is 19.9 Å². The average Bonchev–Trinajstić information content (AvgIpc) is 3.33. The van der Waals surface area contributed by atoms with Gasteiger partial charge in [-0.3, -0.25) is 4.79 Å². The van der Waals surface area contributed by atoms with Gasteiger partial charge in [0.1, 0.15) is 23.1 Å². The number of hydrogen-bond donors (Lipinski definition) is 2. The van der Waals surface area contributed by atoms with Gasteiger partial charge >= 0.3 is 0 Å². The first-order valence-corrected chi connectivity index (χ1v) is 11.9. The highest BCUT2D eigenvalue weighted by molar-refractivity contribution is 8.00. The Balaban J connectivity index is 1.48. The van der Waals surface area contributed by atoms with Crippen molar-refractivity contribution < 1.29 is 22.4 Å². The summed E-state index contributed by atoms with van der Waals surface area (Å²) in [6.07, 6.45) is 6.10. The van der Waals surface area contributed by atoms with Crippen molar-refractivity contribution in [3.05, 3.63) is 95.6 Å². The smallest absolute Gasteiger partial charge is 0.224 e.